The normalized spacial score (nSPS) is 18.9. The van der Waals surface area contributed by atoms with Crippen molar-refractivity contribution in [3.05, 3.63) is 41.6 Å². The summed E-state index contributed by atoms with van der Waals surface area (Å²) in [4.78, 5) is 23.7. The third-order valence-corrected chi connectivity index (χ3v) is 4.53. The van der Waals surface area contributed by atoms with Crippen molar-refractivity contribution in [1.82, 2.24) is 5.16 Å². The number of aliphatic hydroxyl groups is 1. The Balaban J connectivity index is 1.92. The minimum absolute atomic E-state index is 0.00324. The Morgan fingerprint density at radius 3 is 2.87 bits per heavy atom. The standard InChI is InChI=1S/C18H15NO4/c20-9-10-1-4-13-11(7-10)2-6-16-17(13)18(19-23-16)14-5-3-12(21)8-15(14)22/h1-2,4,6-7,14,20H,3,5,8-9H2. The molecular weight excluding hydrogens is 294 g/mol. The predicted octanol–water partition coefficient (Wildman–Crippen LogP) is 2.88. The van der Waals surface area contributed by atoms with E-state index in [2.05, 4.69) is 5.16 Å². The van der Waals surface area contributed by atoms with Crippen LogP contribution in [-0.4, -0.2) is 21.8 Å². The van der Waals surface area contributed by atoms with E-state index in [9.17, 15) is 14.7 Å². The minimum atomic E-state index is -0.378. The number of aromatic nitrogens is 1. The summed E-state index contributed by atoms with van der Waals surface area (Å²) >= 11 is 0. The number of carbonyl (C=O) groups is 2. The lowest BCUT2D eigenvalue weighted by Crippen LogP contribution is -2.23. The number of nitrogens with zero attached hydrogens (tertiary/aromatic N) is 1. The van der Waals surface area contributed by atoms with Gasteiger partial charge in [-0.2, -0.15) is 0 Å². The largest absolute Gasteiger partial charge is 0.392 e. The number of rotatable bonds is 2. The molecule has 1 saturated carbocycles. The van der Waals surface area contributed by atoms with Gasteiger partial charge in [-0.15, -0.1) is 0 Å². The van der Waals surface area contributed by atoms with Crippen molar-refractivity contribution >= 4 is 33.3 Å². The van der Waals surface area contributed by atoms with Crippen LogP contribution in [0.25, 0.3) is 21.7 Å². The first-order valence-corrected chi connectivity index (χ1v) is 7.63. The highest BCUT2D eigenvalue weighted by atomic mass is 16.5. The topological polar surface area (TPSA) is 80.4 Å². The average Bonchev–Trinajstić information content (AvgIpc) is 2.98. The second-order valence-electron chi connectivity index (χ2n) is 5.99. The summed E-state index contributed by atoms with van der Waals surface area (Å²) in [5.41, 5.74) is 2.09. The Hall–Kier alpha value is -2.53. The smallest absolute Gasteiger partial charge is 0.167 e. The monoisotopic (exact) mass is 309 g/mol. The van der Waals surface area contributed by atoms with Crippen LogP contribution >= 0.6 is 0 Å². The predicted molar refractivity (Wildman–Crippen MR) is 84.0 cm³/mol. The van der Waals surface area contributed by atoms with Gasteiger partial charge in [0.05, 0.1) is 24.3 Å². The molecule has 1 atom stereocenters. The quantitative estimate of drug-likeness (QED) is 0.736. The Labute approximate surface area is 131 Å². The number of ketones is 2. The molecule has 0 aliphatic heterocycles. The number of carbonyl (C=O) groups excluding carboxylic acids is 2. The Kier molecular flexibility index (Phi) is 3.23. The molecule has 0 amide bonds. The SMILES string of the molecule is O=C1CCC(c2noc3ccc4cc(CO)ccc4c23)C(=O)C1. The lowest BCUT2D eigenvalue weighted by Gasteiger charge is -2.17. The van der Waals surface area contributed by atoms with Gasteiger partial charge in [0.1, 0.15) is 17.3 Å². The molecule has 0 radical (unpaired) electrons. The fourth-order valence-electron chi connectivity index (χ4n) is 3.34. The highest BCUT2D eigenvalue weighted by molar-refractivity contribution is 6.11. The molecule has 5 nitrogen and oxygen atoms in total. The minimum Gasteiger partial charge on any atom is -0.392 e. The van der Waals surface area contributed by atoms with Gasteiger partial charge in [0, 0.05) is 6.42 Å². The molecule has 23 heavy (non-hydrogen) atoms. The third kappa shape index (κ3) is 2.24. The van der Waals surface area contributed by atoms with E-state index in [-0.39, 0.29) is 30.5 Å². The van der Waals surface area contributed by atoms with Crippen LogP contribution in [-0.2, 0) is 16.2 Å². The molecule has 0 saturated heterocycles. The summed E-state index contributed by atoms with van der Waals surface area (Å²) in [5, 5.41) is 16.2. The summed E-state index contributed by atoms with van der Waals surface area (Å²) in [6, 6.07) is 9.43. The molecule has 2 aromatic carbocycles. The van der Waals surface area contributed by atoms with E-state index in [0.717, 1.165) is 21.7 Å². The Morgan fingerprint density at radius 1 is 1.22 bits per heavy atom. The molecule has 1 aliphatic rings. The number of benzene rings is 2. The summed E-state index contributed by atoms with van der Waals surface area (Å²) < 4.78 is 5.41. The van der Waals surface area contributed by atoms with E-state index < -0.39 is 0 Å². The average molecular weight is 309 g/mol. The number of fused-ring (bicyclic) bond motifs is 3. The van der Waals surface area contributed by atoms with E-state index in [4.69, 9.17) is 4.52 Å². The van der Waals surface area contributed by atoms with Crippen LogP contribution in [0.3, 0.4) is 0 Å². The summed E-state index contributed by atoms with van der Waals surface area (Å²) in [5.74, 6) is -0.464. The Morgan fingerprint density at radius 2 is 2.09 bits per heavy atom. The second-order valence-corrected chi connectivity index (χ2v) is 5.99. The number of hydrogen-bond donors (Lipinski definition) is 1. The van der Waals surface area contributed by atoms with Gasteiger partial charge in [0.25, 0.3) is 0 Å². The maximum atomic E-state index is 12.2. The maximum Gasteiger partial charge on any atom is 0.167 e. The van der Waals surface area contributed by atoms with Crippen LogP contribution in [0.5, 0.6) is 0 Å². The van der Waals surface area contributed by atoms with Crippen LogP contribution in [0, 0.1) is 0 Å². The highest BCUT2D eigenvalue weighted by Crippen LogP contribution is 2.36. The first-order chi connectivity index (χ1) is 11.2. The first kappa shape index (κ1) is 14.1. The molecule has 1 aromatic heterocycles. The van der Waals surface area contributed by atoms with Gasteiger partial charge in [0.2, 0.25) is 0 Å². The molecule has 0 spiro atoms. The lowest BCUT2D eigenvalue weighted by atomic mass is 9.83. The molecule has 1 fully saturated rings. The Bertz CT molecular complexity index is 941. The van der Waals surface area contributed by atoms with Crippen molar-refractivity contribution in [3.63, 3.8) is 0 Å². The summed E-state index contributed by atoms with van der Waals surface area (Å²) in [6.45, 7) is -0.0201. The molecule has 1 unspecified atom stereocenters. The van der Waals surface area contributed by atoms with Crippen LogP contribution in [0.4, 0.5) is 0 Å². The molecule has 3 aromatic rings. The zero-order valence-corrected chi connectivity index (χ0v) is 12.4. The van der Waals surface area contributed by atoms with Gasteiger partial charge in [-0.1, -0.05) is 23.4 Å². The van der Waals surface area contributed by atoms with E-state index in [1.165, 1.54) is 0 Å². The highest BCUT2D eigenvalue weighted by Gasteiger charge is 2.32. The van der Waals surface area contributed by atoms with Crippen molar-refractivity contribution in [1.29, 1.82) is 0 Å². The van der Waals surface area contributed by atoms with Crippen molar-refractivity contribution in [3.8, 4) is 0 Å². The molecule has 4 rings (SSSR count). The maximum absolute atomic E-state index is 12.2. The molecule has 0 bridgehead atoms. The van der Waals surface area contributed by atoms with Crippen LogP contribution in [0.15, 0.2) is 34.9 Å². The van der Waals surface area contributed by atoms with E-state index in [1.54, 1.807) is 0 Å². The molecular formula is C18H15NO4. The third-order valence-electron chi connectivity index (χ3n) is 4.53. The van der Waals surface area contributed by atoms with Crippen molar-refractivity contribution < 1.29 is 19.2 Å². The van der Waals surface area contributed by atoms with Crippen molar-refractivity contribution in [2.45, 2.75) is 31.8 Å². The molecule has 1 heterocycles. The van der Waals surface area contributed by atoms with Crippen molar-refractivity contribution in [2.24, 2.45) is 0 Å². The van der Waals surface area contributed by atoms with Gasteiger partial charge in [-0.05, 0) is 34.9 Å². The fourth-order valence-corrected chi connectivity index (χ4v) is 3.34. The lowest BCUT2D eigenvalue weighted by molar-refractivity contribution is -0.130. The zero-order chi connectivity index (χ0) is 16.0. The first-order valence-electron chi connectivity index (χ1n) is 7.63. The van der Waals surface area contributed by atoms with Crippen LogP contribution < -0.4 is 0 Å². The fraction of sp³-hybridized carbons (Fsp3) is 0.278. The van der Waals surface area contributed by atoms with Crippen molar-refractivity contribution in [2.75, 3.05) is 0 Å². The van der Waals surface area contributed by atoms with Gasteiger partial charge in [-0.25, -0.2) is 0 Å². The van der Waals surface area contributed by atoms with Gasteiger partial charge >= 0.3 is 0 Å². The second kappa shape index (κ2) is 5.28. The van der Waals surface area contributed by atoms with E-state index in [1.807, 2.05) is 30.3 Å². The summed E-state index contributed by atoms with van der Waals surface area (Å²) in [6.07, 6.45) is 0.882. The number of hydrogen-bond acceptors (Lipinski definition) is 5. The summed E-state index contributed by atoms with van der Waals surface area (Å²) in [7, 11) is 0. The number of Topliss-reactive ketones (excluding diaryl/α,β-unsaturated/α-hetero) is 2. The van der Waals surface area contributed by atoms with E-state index >= 15 is 0 Å². The van der Waals surface area contributed by atoms with E-state index in [0.29, 0.717) is 24.1 Å². The molecule has 1 aliphatic carbocycles. The molecule has 1 N–H and O–H groups in total. The molecule has 5 heteroatoms. The van der Waals surface area contributed by atoms with Crippen LogP contribution in [0.1, 0.15) is 36.4 Å². The number of aliphatic hydroxyl groups excluding tert-OH is 1. The van der Waals surface area contributed by atoms with Crippen LogP contribution in [0.2, 0.25) is 0 Å². The van der Waals surface area contributed by atoms with Gasteiger partial charge < -0.3 is 9.63 Å². The van der Waals surface area contributed by atoms with Gasteiger partial charge in [0.15, 0.2) is 5.58 Å². The molecule has 116 valence electrons. The van der Waals surface area contributed by atoms with Gasteiger partial charge in [-0.3, -0.25) is 9.59 Å². The zero-order valence-electron chi connectivity index (χ0n) is 12.4.